The first kappa shape index (κ1) is 15.6. The van der Waals surface area contributed by atoms with Crippen LogP contribution in [-0.4, -0.2) is 47.7 Å². The van der Waals surface area contributed by atoms with E-state index < -0.39 is 12.1 Å². The second-order valence-corrected chi connectivity index (χ2v) is 5.91. The maximum atomic E-state index is 12.5. The van der Waals surface area contributed by atoms with E-state index in [9.17, 15) is 9.59 Å². The van der Waals surface area contributed by atoms with Crippen LogP contribution in [0.4, 0.5) is 0 Å². The first-order valence-electron chi connectivity index (χ1n) is 7.55. The number of carbonyl (C=O) groups excluding carboxylic acids is 1. The molecule has 1 atom stereocenters. The Balaban J connectivity index is 1.78. The zero-order valence-corrected chi connectivity index (χ0v) is 13.2. The number of benzene rings is 1. The first-order valence-corrected chi connectivity index (χ1v) is 7.55. The molecule has 0 saturated carbocycles. The molecule has 2 heterocycles. The van der Waals surface area contributed by atoms with Gasteiger partial charge in [0.05, 0.1) is 25.8 Å². The van der Waals surface area contributed by atoms with Crippen LogP contribution in [0.15, 0.2) is 22.8 Å². The van der Waals surface area contributed by atoms with Crippen molar-refractivity contribution in [1.29, 1.82) is 0 Å². The normalized spacial score (nSPS) is 18.3. The molecule has 23 heavy (non-hydrogen) atoms. The van der Waals surface area contributed by atoms with Crippen molar-refractivity contribution in [3.63, 3.8) is 0 Å². The number of ether oxygens (including phenoxy) is 1. The molecular weight excluding hydrogens is 298 g/mol. The van der Waals surface area contributed by atoms with Gasteiger partial charge in [0.25, 0.3) is 0 Å². The average molecular weight is 317 g/mol. The number of aryl methyl sites for hydroxylation is 2. The minimum Gasteiger partial charge on any atom is -0.479 e. The topological polar surface area (TPSA) is 80.0 Å². The molecule has 0 aliphatic carbocycles. The largest absolute Gasteiger partial charge is 0.479 e. The van der Waals surface area contributed by atoms with E-state index in [-0.39, 0.29) is 25.5 Å². The summed E-state index contributed by atoms with van der Waals surface area (Å²) in [5.41, 5.74) is 3.87. The molecule has 1 aromatic heterocycles. The van der Waals surface area contributed by atoms with Crippen LogP contribution in [0, 0.1) is 13.8 Å². The third-order valence-corrected chi connectivity index (χ3v) is 4.31. The number of aliphatic carboxylic acids is 1. The van der Waals surface area contributed by atoms with E-state index in [1.807, 2.05) is 26.0 Å². The van der Waals surface area contributed by atoms with E-state index in [2.05, 4.69) is 0 Å². The number of carbonyl (C=O) groups is 2. The molecule has 0 bridgehead atoms. The van der Waals surface area contributed by atoms with Gasteiger partial charge >= 0.3 is 5.97 Å². The maximum Gasteiger partial charge on any atom is 0.334 e. The average Bonchev–Trinajstić information content (AvgIpc) is 2.90. The Hall–Kier alpha value is -2.34. The molecule has 0 unspecified atom stereocenters. The Morgan fingerprint density at radius 2 is 2.04 bits per heavy atom. The molecule has 1 N–H and O–H groups in total. The Bertz CT molecular complexity index is 764. The molecule has 1 aliphatic heterocycles. The number of morpholine rings is 1. The quantitative estimate of drug-likeness (QED) is 0.935. The Morgan fingerprint density at radius 1 is 1.30 bits per heavy atom. The highest BCUT2D eigenvalue weighted by Gasteiger charge is 2.29. The molecule has 1 saturated heterocycles. The van der Waals surface area contributed by atoms with Crippen LogP contribution in [-0.2, 0) is 20.7 Å². The summed E-state index contributed by atoms with van der Waals surface area (Å²) >= 11 is 0. The summed E-state index contributed by atoms with van der Waals surface area (Å²) in [6.07, 6.45) is 0.858. The number of hydrogen-bond acceptors (Lipinski definition) is 4. The molecule has 1 aromatic carbocycles. The number of amides is 1. The monoisotopic (exact) mass is 317 g/mol. The van der Waals surface area contributed by atoms with Crippen molar-refractivity contribution >= 4 is 22.8 Å². The van der Waals surface area contributed by atoms with Crippen molar-refractivity contribution in [2.45, 2.75) is 26.4 Å². The maximum absolute atomic E-state index is 12.5. The summed E-state index contributed by atoms with van der Waals surface area (Å²) < 4.78 is 10.7. The van der Waals surface area contributed by atoms with Crippen molar-refractivity contribution in [2.75, 3.05) is 19.7 Å². The number of fused-ring (bicyclic) bond motifs is 1. The van der Waals surface area contributed by atoms with Crippen LogP contribution in [0.1, 0.15) is 16.7 Å². The Labute approximate surface area is 133 Å². The first-order chi connectivity index (χ1) is 11.0. The van der Waals surface area contributed by atoms with Gasteiger partial charge in [-0.05, 0) is 37.1 Å². The molecule has 0 spiro atoms. The Kier molecular flexibility index (Phi) is 4.09. The second kappa shape index (κ2) is 6.04. The zero-order chi connectivity index (χ0) is 16.6. The highest BCUT2D eigenvalue weighted by Crippen LogP contribution is 2.25. The van der Waals surface area contributed by atoms with E-state index in [1.165, 1.54) is 0 Å². The molecule has 0 radical (unpaired) electrons. The molecule has 1 amide bonds. The molecule has 1 fully saturated rings. The van der Waals surface area contributed by atoms with Gasteiger partial charge in [0.1, 0.15) is 5.58 Å². The predicted molar refractivity (Wildman–Crippen MR) is 83.3 cm³/mol. The third-order valence-electron chi connectivity index (χ3n) is 4.31. The van der Waals surface area contributed by atoms with Gasteiger partial charge in [-0.1, -0.05) is 0 Å². The number of carboxylic acids is 1. The lowest BCUT2D eigenvalue weighted by atomic mass is 10.0. The van der Waals surface area contributed by atoms with Crippen molar-refractivity contribution in [2.24, 2.45) is 0 Å². The van der Waals surface area contributed by atoms with Crippen LogP contribution in [0.25, 0.3) is 11.0 Å². The van der Waals surface area contributed by atoms with Crippen molar-refractivity contribution in [3.8, 4) is 0 Å². The lowest BCUT2D eigenvalue weighted by molar-refractivity contribution is -0.159. The summed E-state index contributed by atoms with van der Waals surface area (Å²) in [7, 11) is 0. The fourth-order valence-electron chi connectivity index (χ4n) is 2.77. The van der Waals surface area contributed by atoms with Gasteiger partial charge in [0.2, 0.25) is 5.91 Å². The van der Waals surface area contributed by atoms with Crippen LogP contribution in [0.3, 0.4) is 0 Å². The van der Waals surface area contributed by atoms with E-state index in [1.54, 1.807) is 11.2 Å². The minimum absolute atomic E-state index is 0.0854. The fraction of sp³-hybridized carbons (Fsp3) is 0.412. The van der Waals surface area contributed by atoms with Gasteiger partial charge in [0.15, 0.2) is 6.10 Å². The standard InChI is InChI=1S/C17H19NO5/c1-10-5-13-12(9-23-14(13)6-11(10)2)7-16(19)18-3-4-22-15(8-18)17(20)21/h5-6,9,15H,3-4,7-8H2,1-2H3,(H,20,21)/t15-/m0/s1. The van der Waals surface area contributed by atoms with Crippen LogP contribution in [0.2, 0.25) is 0 Å². The van der Waals surface area contributed by atoms with E-state index >= 15 is 0 Å². The van der Waals surface area contributed by atoms with Gasteiger partial charge in [0, 0.05) is 17.5 Å². The fourth-order valence-corrected chi connectivity index (χ4v) is 2.77. The van der Waals surface area contributed by atoms with Crippen molar-refractivity contribution in [1.82, 2.24) is 4.90 Å². The Morgan fingerprint density at radius 3 is 2.78 bits per heavy atom. The van der Waals surface area contributed by atoms with Gasteiger partial charge < -0.3 is 19.2 Å². The lowest BCUT2D eigenvalue weighted by Crippen LogP contribution is -2.49. The summed E-state index contributed by atoms with van der Waals surface area (Å²) in [4.78, 5) is 25.0. The summed E-state index contributed by atoms with van der Waals surface area (Å²) in [5.74, 6) is -1.15. The highest BCUT2D eigenvalue weighted by atomic mass is 16.5. The summed E-state index contributed by atoms with van der Waals surface area (Å²) in [5, 5.41) is 9.95. The van der Waals surface area contributed by atoms with Gasteiger partial charge in [-0.2, -0.15) is 0 Å². The number of carboxylic acid groups (broad SMARTS) is 1. The minimum atomic E-state index is -1.04. The third kappa shape index (κ3) is 3.07. The van der Waals surface area contributed by atoms with E-state index in [4.69, 9.17) is 14.3 Å². The number of furan rings is 1. The molecule has 2 aromatic rings. The molecule has 1 aliphatic rings. The summed E-state index contributed by atoms with van der Waals surface area (Å²) in [6, 6.07) is 3.99. The lowest BCUT2D eigenvalue weighted by Gasteiger charge is -2.30. The molecule has 6 heteroatoms. The van der Waals surface area contributed by atoms with E-state index in [0.717, 1.165) is 27.7 Å². The van der Waals surface area contributed by atoms with Crippen LogP contribution < -0.4 is 0 Å². The van der Waals surface area contributed by atoms with Crippen LogP contribution >= 0.6 is 0 Å². The van der Waals surface area contributed by atoms with E-state index in [0.29, 0.717) is 6.54 Å². The molecular formula is C17H19NO5. The molecule has 6 nitrogen and oxygen atoms in total. The van der Waals surface area contributed by atoms with Crippen molar-refractivity contribution in [3.05, 3.63) is 35.1 Å². The van der Waals surface area contributed by atoms with Crippen LogP contribution in [0.5, 0.6) is 0 Å². The smallest absolute Gasteiger partial charge is 0.334 e. The number of nitrogens with zero attached hydrogens (tertiary/aromatic N) is 1. The highest BCUT2D eigenvalue weighted by molar-refractivity contribution is 5.88. The number of hydrogen-bond donors (Lipinski definition) is 1. The SMILES string of the molecule is Cc1cc2occ(CC(=O)N3CCO[C@H](C(=O)O)C3)c2cc1C. The van der Waals surface area contributed by atoms with Gasteiger partial charge in [-0.25, -0.2) is 4.79 Å². The second-order valence-electron chi connectivity index (χ2n) is 5.91. The van der Waals surface area contributed by atoms with Gasteiger partial charge in [-0.15, -0.1) is 0 Å². The molecule has 122 valence electrons. The predicted octanol–water partition coefficient (Wildman–Crippen LogP) is 1.90. The zero-order valence-electron chi connectivity index (χ0n) is 13.2. The van der Waals surface area contributed by atoms with Gasteiger partial charge in [-0.3, -0.25) is 4.79 Å². The molecule has 3 rings (SSSR count). The summed E-state index contributed by atoms with van der Waals surface area (Å²) in [6.45, 7) is 4.78. The number of rotatable bonds is 3. The van der Waals surface area contributed by atoms with Crippen molar-refractivity contribution < 1.29 is 23.8 Å².